The van der Waals surface area contributed by atoms with Gasteiger partial charge in [-0.1, -0.05) is 103 Å². The Morgan fingerprint density at radius 1 is 0.806 bits per heavy atom. The zero-order chi connectivity index (χ0) is 23.0. The standard InChI is InChI=1S/C24H50NO5P/c1-2-3-4-5-6-7-8-9-10-11-12-13-14-15-16-17-18-19-20-24(26)23-30-31(27,28)29-22-21-25/h17-18,24,26H,2-16,19-23,25H2,1H3,(H,27,28)/t24-/m1/s1. The van der Waals surface area contributed by atoms with Crippen molar-refractivity contribution in [3.05, 3.63) is 12.2 Å². The van der Waals surface area contributed by atoms with E-state index in [0.29, 0.717) is 6.42 Å². The van der Waals surface area contributed by atoms with Gasteiger partial charge in [-0.25, -0.2) is 4.57 Å². The molecule has 0 aromatic heterocycles. The van der Waals surface area contributed by atoms with Crippen molar-refractivity contribution in [1.82, 2.24) is 0 Å². The second-order valence-corrected chi connectivity index (χ2v) is 9.93. The fraction of sp³-hybridized carbons (Fsp3) is 0.917. The van der Waals surface area contributed by atoms with E-state index in [2.05, 4.69) is 23.6 Å². The van der Waals surface area contributed by atoms with Crippen molar-refractivity contribution < 1.29 is 23.6 Å². The topological polar surface area (TPSA) is 102 Å². The maximum Gasteiger partial charge on any atom is 0.472 e. The van der Waals surface area contributed by atoms with Gasteiger partial charge in [-0.3, -0.25) is 9.05 Å². The quantitative estimate of drug-likeness (QED) is 0.0841. The van der Waals surface area contributed by atoms with Gasteiger partial charge >= 0.3 is 7.82 Å². The summed E-state index contributed by atoms with van der Waals surface area (Å²) in [5.74, 6) is 0. The second kappa shape index (κ2) is 22.9. The third-order valence-corrected chi connectivity index (χ3v) is 6.34. The number of aliphatic hydroxyl groups is 1. The molecule has 31 heavy (non-hydrogen) atoms. The van der Waals surface area contributed by atoms with Gasteiger partial charge < -0.3 is 15.7 Å². The largest absolute Gasteiger partial charge is 0.472 e. The molecule has 0 aliphatic rings. The molecule has 0 saturated carbocycles. The fourth-order valence-electron chi connectivity index (χ4n) is 3.45. The molecule has 0 aliphatic carbocycles. The molecule has 2 atom stereocenters. The molecular formula is C24H50NO5P. The minimum Gasteiger partial charge on any atom is -0.391 e. The summed E-state index contributed by atoms with van der Waals surface area (Å²) in [6.07, 6.45) is 24.9. The van der Waals surface area contributed by atoms with E-state index in [9.17, 15) is 14.6 Å². The van der Waals surface area contributed by atoms with Crippen LogP contribution in [0.3, 0.4) is 0 Å². The molecule has 4 N–H and O–H groups in total. The van der Waals surface area contributed by atoms with Crippen LogP contribution in [-0.4, -0.2) is 35.9 Å². The van der Waals surface area contributed by atoms with Gasteiger partial charge in [-0.05, 0) is 25.7 Å². The predicted molar refractivity (Wildman–Crippen MR) is 130 cm³/mol. The van der Waals surface area contributed by atoms with Crippen LogP contribution in [0.1, 0.15) is 116 Å². The predicted octanol–water partition coefficient (Wildman–Crippen LogP) is 6.65. The number of hydrogen-bond donors (Lipinski definition) is 3. The monoisotopic (exact) mass is 463 g/mol. The van der Waals surface area contributed by atoms with Crippen LogP contribution < -0.4 is 5.73 Å². The molecule has 6 nitrogen and oxygen atoms in total. The molecule has 0 bridgehead atoms. The van der Waals surface area contributed by atoms with E-state index in [4.69, 9.17) is 10.3 Å². The summed E-state index contributed by atoms with van der Waals surface area (Å²) in [5, 5.41) is 9.80. The van der Waals surface area contributed by atoms with E-state index in [1.807, 2.05) is 0 Å². The Morgan fingerprint density at radius 2 is 1.29 bits per heavy atom. The summed E-state index contributed by atoms with van der Waals surface area (Å²) < 4.78 is 20.8. The lowest BCUT2D eigenvalue weighted by Gasteiger charge is -2.14. The zero-order valence-electron chi connectivity index (χ0n) is 20.0. The minimum absolute atomic E-state index is 0.0497. The molecule has 0 rings (SSSR count). The lowest BCUT2D eigenvalue weighted by Crippen LogP contribution is -2.15. The maximum atomic E-state index is 11.4. The first-order valence-electron chi connectivity index (χ1n) is 12.7. The van der Waals surface area contributed by atoms with E-state index in [1.165, 1.54) is 89.9 Å². The SMILES string of the molecule is CCCCCCCCCCCCCCCCC=CCC[C@@H](O)COP(=O)(O)OCCN. The van der Waals surface area contributed by atoms with Crippen molar-refractivity contribution in [3.8, 4) is 0 Å². The number of nitrogens with two attached hydrogens (primary N) is 1. The maximum absolute atomic E-state index is 11.4. The molecule has 0 radical (unpaired) electrons. The van der Waals surface area contributed by atoms with Crippen molar-refractivity contribution in [2.45, 2.75) is 122 Å². The van der Waals surface area contributed by atoms with E-state index in [1.54, 1.807) is 0 Å². The van der Waals surface area contributed by atoms with E-state index >= 15 is 0 Å². The van der Waals surface area contributed by atoms with Gasteiger partial charge in [0.1, 0.15) is 0 Å². The van der Waals surface area contributed by atoms with Gasteiger partial charge in [-0.2, -0.15) is 0 Å². The lowest BCUT2D eigenvalue weighted by atomic mass is 10.0. The van der Waals surface area contributed by atoms with Crippen LogP contribution in [0.5, 0.6) is 0 Å². The Kier molecular flexibility index (Phi) is 22.8. The Morgan fingerprint density at radius 3 is 1.81 bits per heavy atom. The molecule has 186 valence electrons. The van der Waals surface area contributed by atoms with Gasteiger partial charge in [-0.15, -0.1) is 0 Å². The Bertz CT molecular complexity index is 448. The van der Waals surface area contributed by atoms with Crippen molar-refractivity contribution in [1.29, 1.82) is 0 Å². The van der Waals surface area contributed by atoms with Crippen LogP contribution in [0, 0.1) is 0 Å². The number of phosphoric acid groups is 1. The van der Waals surface area contributed by atoms with Crippen molar-refractivity contribution in [2.24, 2.45) is 5.73 Å². The van der Waals surface area contributed by atoms with Gasteiger partial charge in [0.2, 0.25) is 0 Å². The van der Waals surface area contributed by atoms with E-state index in [-0.39, 0.29) is 19.8 Å². The molecule has 0 fully saturated rings. The first-order chi connectivity index (χ1) is 15.0. The van der Waals surface area contributed by atoms with Crippen LogP contribution in [-0.2, 0) is 13.6 Å². The molecule has 7 heteroatoms. The summed E-state index contributed by atoms with van der Waals surface area (Å²) in [4.78, 5) is 9.35. The Balaban J connectivity index is 3.34. The summed E-state index contributed by atoms with van der Waals surface area (Å²) in [6, 6.07) is 0. The zero-order valence-corrected chi connectivity index (χ0v) is 20.9. The van der Waals surface area contributed by atoms with Gasteiger partial charge in [0.05, 0.1) is 19.3 Å². The molecule has 0 aromatic rings. The minimum atomic E-state index is -4.10. The number of aliphatic hydroxyl groups excluding tert-OH is 1. The fourth-order valence-corrected chi connectivity index (χ4v) is 4.22. The second-order valence-electron chi connectivity index (χ2n) is 8.47. The molecule has 0 amide bonds. The van der Waals surface area contributed by atoms with Crippen molar-refractivity contribution in [3.63, 3.8) is 0 Å². The molecule has 0 saturated heterocycles. The normalized spacial score (nSPS) is 14.8. The highest BCUT2D eigenvalue weighted by atomic mass is 31.2. The third kappa shape index (κ3) is 24.2. The number of unbranched alkanes of at least 4 members (excludes halogenated alkanes) is 14. The highest BCUT2D eigenvalue weighted by Gasteiger charge is 2.21. The van der Waals surface area contributed by atoms with Crippen LogP contribution in [0.25, 0.3) is 0 Å². The third-order valence-electron chi connectivity index (χ3n) is 5.36. The lowest BCUT2D eigenvalue weighted by molar-refractivity contribution is 0.0698. The summed E-state index contributed by atoms with van der Waals surface area (Å²) in [6.45, 7) is 2.14. The average Bonchev–Trinajstić information content (AvgIpc) is 2.75. The van der Waals surface area contributed by atoms with Crippen LogP contribution in [0.4, 0.5) is 0 Å². The van der Waals surface area contributed by atoms with Crippen LogP contribution in [0.15, 0.2) is 12.2 Å². The first-order valence-corrected chi connectivity index (χ1v) is 14.2. The highest BCUT2D eigenvalue weighted by molar-refractivity contribution is 7.47. The summed E-state index contributed by atoms with van der Waals surface area (Å²) in [5.41, 5.74) is 5.20. The van der Waals surface area contributed by atoms with Gasteiger partial charge in [0.25, 0.3) is 0 Å². The van der Waals surface area contributed by atoms with Gasteiger partial charge in [0.15, 0.2) is 0 Å². The van der Waals surface area contributed by atoms with Gasteiger partial charge in [0, 0.05) is 6.54 Å². The number of phosphoric ester groups is 1. The molecule has 1 unspecified atom stereocenters. The summed E-state index contributed by atoms with van der Waals surface area (Å²) in [7, 11) is -4.10. The summed E-state index contributed by atoms with van der Waals surface area (Å²) >= 11 is 0. The van der Waals surface area contributed by atoms with Crippen molar-refractivity contribution in [2.75, 3.05) is 19.8 Å². The van der Waals surface area contributed by atoms with E-state index in [0.717, 1.165) is 12.8 Å². The molecule has 0 spiro atoms. The molecule has 0 aliphatic heterocycles. The molecule has 0 heterocycles. The number of rotatable bonds is 24. The molecule has 0 aromatic carbocycles. The highest BCUT2D eigenvalue weighted by Crippen LogP contribution is 2.42. The molecular weight excluding hydrogens is 413 g/mol. The van der Waals surface area contributed by atoms with Crippen LogP contribution in [0.2, 0.25) is 0 Å². The van der Waals surface area contributed by atoms with Crippen LogP contribution >= 0.6 is 7.82 Å². The first kappa shape index (κ1) is 30.8. The number of allylic oxidation sites excluding steroid dienone is 2. The van der Waals surface area contributed by atoms with E-state index < -0.39 is 13.9 Å². The van der Waals surface area contributed by atoms with Crippen molar-refractivity contribution >= 4 is 7.82 Å². The number of hydrogen-bond acceptors (Lipinski definition) is 5. The smallest absolute Gasteiger partial charge is 0.391 e. The average molecular weight is 464 g/mol. The Hall–Kier alpha value is -0.230. The Labute approximate surface area is 191 Å².